The van der Waals surface area contributed by atoms with Crippen LogP contribution < -0.4 is 4.74 Å². The van der Waals surface area contributed by atoms with Crippen molar-refractivity contribution >= 4 is 37.5 Å². The summed E-state index contributed by atoms with van der Waals surface area (Å²) in [4.78, 5) is 4.65. The van der Waals surface area contributed by atoms with Gasteiger partial charge in [-0.05, 0) is 40.2 Å². The largest absolute Gasteiger partial charge is 0.497 e. The Morgan fingerprint density at radius 2 is 2.00 bits per heavy atom. The summed E-state index contributed by atoms with van der Waals surface area (Å²) in [6.07, 6.45) is 0. The van der Waals surface area contributed by atoms with Crippen molar-refractivity contribution in [1.29, 1.82) is 0 Å². The molecule has 1 heterocycles. The molecule has 0 unspecified atom stereocenters. The van der Waals surface area contributed by atoms with Gasteiger partial charge in [0.15, 0.2) is 0 Å². The lowest BCUT2D eigenvalue weighted by Crippen LogP contribution is -1.82. The molecule has 0 fully saturated rings. The molecule has 0 radical (unpaired) electrons. The molecule has 0 bridgehead atoms. The van der Waals surface area contributed by atoms with Crippen LogP contribution in [0.15, 0.2) is 46.9 Å². The summed E-state index contributed by atoms with van der Waals surface area (Å²) in [5.74, 6) is 0.853. The SMILES string of the molecule is COc1cccc(-c2nc3cccc(Br)c3s2)c1. The maximum absolute atomic E-state index is 5.24. The van der Waals surface area contributed by atoms with Crippen molar-refractivity contribution in [3.05, 3.63) is 46.9 Å². The third-order valence-corrected chi connectivity index (χ3v) is 4.76. The van der Waals surface area contributed by atoms with Crippen LogP contribution in [0.5, 0.6) is 5.75 Å². The van der Waals surface area contributed by atoms with Gasteiger partial charge in [-0.2, -0.15) is 0 Å². The minimum absolute atomic E-state index is 0.853. The van der Waals surface area contributed by atoms with E-state index >= 15 is 0 Å². The molecule has 90 valence electrons. The van der Waals surface area contributed by atoms with E-state index in [9.17, 15) is 0 Å². The number of halogens is 1. The highest BCUT2D eigenvalue weighted by Crippen LogP contribution is 2.35. The lowest BCUT2D eigenvalue weighted by atomic mass is 10.2. The summed E-state index contributed by atoms with van der Waals surface area (Å²) >= 11 is 5.24. The van der Waals surface area contributed by atoms with Crippen LogP contribution in [0.2, 0.25) is 0 Å². The molecule has 0 aliphatic carbocycles. The molecular weight excluding hydrogens is 310 g/mol. The summed E-state index contributed by atoms with van der Waals surface area (Å²) in [5, 5.41) is 1.01. The minimum Gasteiger partial charge on any atom is -0.497 e. The molecule has 1 aromatic heterocycles. The Bertz CT molecular complexity index is 708. The van der Waals surface area contributed by atoms with Crippen LogP contribution >= 0.6 is 27.3 Å². The van der Waals surface area contributed by atoms with E-state index in [2.05, 4.69) is 20.9 Å². The van der Waals surface area contributed by atoms with Gasteiger partial charge in [0.25, 0.3) is 0 Å². The van der Waals surface area contributed by atoms with Gasteiger partial charge in [0.1, 0.15) is 10.8 Å². The van der Waals surface area contributed by atoms with Crippen molar-refractivity contribution in [3.8, 4) is 16.3 Å². The van der Waals surface area contributed by atoms with Gasteiger partial charge < -0.3 is 4.74 Å². The first-order valence-electron chi connectivity index (χ1n) is 5.47. The average molecular weight is 320 g/mol. The first-order valence-corrected chi connectivity index (χ1v) is 7.08. The molecule has 3 rings (SSSR count). The predicted octanol–water partition coefficient (Wildman–Crippen LogP) is 4.73. The van der Waals surface area contributed by atoms with Crippen LogP contribution in [0.1, 0.15) is 0 Å². The van der Waals surface area contributed by atoms with E-state index in [1.165, 1.54) is 4.70 Å². The standard InChI is InChI=1S/C14H10BrNOS/c1-17-10-5-2-4-9(8-10)14-16-12-7-3-6-11(15)13(12)18-14/h2-8H,1H3. The summed E-state index contributed by atoms with van der Waals surface area (Å²) in [6, 6.07) is 14.0. The summed E-state index contributed by atoms with van der Waals surface area (Å²) < 4.78 is 7.51. The van der Waals surface area contributed by atoms with E-state index in [4.69, 9.17) is 4.74 Å². The topological polar surface area (TPSA) is 22.1 Å². The van der Waals surface area contributed by atoms with E-state index in [1.807, 2.05) is 42.5 Å². The van der Waals surface area contributed by atoms with Crippen molar-refractivity contribution in [3.63, 3.8) is 0 Å². The Morgan fingerprint density at radius 1 is 1.17 bits per heavy atom. The zero-order chi connectivity index (χ0) is 12.5. The van der Waals surface area contributed by atoms with Crippen LogP contribution in [0.25, 0.3) is 20.8 Å². The highest BCUT2D eigenvalue weighted by molar-refractivity contribution is 9.10. The molecule has 0 saturated heterocycles. The zero-order valence-electron chi connectivity index (χ0n) is 9.68. The minimum atomic E-state index is 0.853. The molecule has 3 aromatic rings. The van der Waals surface area contributed by atoms with E-state index in [0.717, 1.165) is 26.3 Å². The smallest absolute Gasteiger partial charge is 0.124 e. The number of benzene rings is 2. The lowest BCUT2D eigenvalue weighted by Gasteiger charge is -2.00. The van der Waals surface area contributed by atoms with Gasteiger partial charge in [-0.25, -0.2) is 4.98 Å². The fourth-order valence-corrected chi connectivity index (χ4v) is 3.36. The van der Waals surface area contributed by atoms with Crippen molar-refractivity contribution in [1.82, 2.24) is 4.98 Å². The molecule has 0 aliphatic rings. The van der Waals surface area contributed by atoms with Gasteiger partial charge in [0, 0.05) is 10.0 Å². The molecule has 2 nitrogen and oxygen atoms in total. The fraction of sp³-hybridized carbons (Fsp3) is 0.0714. The predicted molar refractivity (Wildman–Crippen MR) is 79.3 cm³/mol. The summed E-state index contributed by atoms with van der Waals surface area (Å²) in [6.45, 7) is 0. The molecule has 0 aliphatic heterocycles. The molecule has 0 N–H and O–H groups in total. The normalized spacial score (nSPS) is 10.8. The van der Waals surface area contributed by atoms with Crippen LogP contribution in [0.3, 0.4) is 0 Å². The highest BCUT2D eigenvalue weighted by Gasteiger charge is 2.08. The van der Waals surface area contributed by atoms with Crippen LogP contribution in [-0.2, 0) is 0 Å². The van der Waals surface area contributed by atoms with Gasteiger partial charge in [-0.1, -0.05) is 18.2 Å². The van der Waals surface area contributed by atoms with Gasteiger partial charge in [-0.3, -0.25) is 0 Å². The van der Waals surface area contributed by atoms with Gasteiger partial charge >= 0.3 is 0 Å². The Labute approximate surface area is 117 Å². The molecule has 0 atom stereocenters. The first-order chi connectivity index (χ1) is 8.78. The van der Waals surface area contributed by atoms with Crippen LogP contribution in [0, 0.1) is 0 Å². The molecule has 0 amide bonds. The molecule has 18 heavy (non-hydrogen) atoms. The maximum Gasteiger partial charge on any atom is 0.124 e. The number of ether oxygens (including phenoxy) is 1. The number of hydrogen-bond donors (Lipinski definition) is 0. The summed E-state index contributed by atoms with van der Waals surface area (Å²) in [7, 11) is 1.67. The number of hydrogen-bond acceptors (Lipinski definition) is 3. The van der Waals surface area contributed by atoms with Gasteiger partial charge in [-0.15, -0.1) is 11.3 Å². The Balaban J connectivity index is 2.16. The number of methoxy groups -OCH3 is 1. The van der Waals surface area contributed by atoms with Crippen LogP contribution in [-0.4, -0.2) is 12.1 Å². The third-order valence-electron chi connectivity index (χ3n) is 2.68. The molecule has 4 heteroatoms. The highest BCUT2D eigenvalue weighted by atomic mass is 79.9. The van der Waals surface area contributed by atoms with E-state index in [0.29, 0.717) is 0 Å². The second kappa shape index (κ2) is 4.71. The number of nitrogens with zero attached hydrogens (tertiary/aromatic N) is 1. The van der Waals surface area contributed by atoms with Crippen molar-refractivity contribution < 1.29 is 4.74 Å². The average Bonchev–Trinajstić information content (AvgIpc) is 2.84. The molecule has 0 spiro atoms. The summed E-state index contributed by atoms with van der Waals surface area (Å²) in [5.41, 5.74) is 2.11. The zero-order valence-corrected chi connectivity index (χ0v) is 12.1. The lowest BCUT2D eigenvalue weighted by molar-refractivity contribution is 0.415. The van der Waals surface area contributed by atoms with E-state index < -0.39 is 0 Å². The van der Waals surface area contributed by atoms with Crippen LogP contribution in [0.4, 0.5) is 0 Å². The number of thiazole rings is 1. The molecule has 2 aromatic carbocycles. The van der Waals surface area contributed by atoms with Crippen molar-refractivity contribution in [2.75, 3.05) is 7.11 Å². The Kier molecular flexibility index (Phi) is 3.06. The fourth-order valence-electron chi connectivity index (χ4n) is 1.80. The quantitative estimate of drug-likeness (QED) is 0.681. The Morgan fingerprint density at radius 3 is 2.78 bits per heavy atom. The first kappa shape index (κ1) is 11.7. The Hall–Kier alpha value is -1.39. The number of aromatic nitrogens is 1. The van der Waals surface area contributed by atoms with E-state index in [1.54, 1.807) is 18.4 Å². The second-order valence-electron chi connectivity index (χ2n) is 3.84. The monoisotopic (exact) mass is 319 g/mol. The van der Waals surface area contributed by atoms with Gasteiger partial charge in [0.2, 0.25) is 0 Å². The van der Waals surface area contributed by atoms with Gasteiger partial charge in [0.05, 0.1) is 17.3 Å². The van der Waals surface area contributed by atoms with Crippen molar-refractivity contribution in [2.24, 2.45) is 0 Å². The second-order valence-corrected chi connectivity index (χ2v) is 5.69. The molecule has 0 saturated carbocycles. The van der Waals surface area contributed by atoms with Crippen molar-refractivity contribution in [2.45, 2.75) is 0 Å². The number of rotatable bonds is 2. The third kappa shape index (κ3) is 2.02. The molecular formula is C14H10BrNOS. The number of fused-ring (bicyclic) bond motifs is 1. The maximum atomic E-state index is 5.24. The van der Waals surface area contributed by atoms with E-state index in [-0.39, 0.29) is 0 Å².